The summed E-state index contributed by atoms with van der Waals surface area (Å²) in [7, 11) is 1.75. The number of hydrogen-bond acceptors (Lipinski definition) is 4. The maximum Gasteiger partial charge on any atom is 0.123 e. The van der Waals surface area contributed by atoms with Crippen molar-refractivity contribution in [2.24, 2.45) is 5.73 Å². The van der Waals surface area contributed by atoms with Gasteiger partial charge in [-0.1, -0.05) is 18.2 Å². The minimum atomic E-state index is 0.520. The Kier molecular flexibility index (Phi) is 5.63. The van der Waals surface area contributed by atoms with Crippen LogP contribution in [0.1, 0.15) is 18.4 Å². The van der Waals surface area contributed by atoms with Gasteiger partial charge in [-0.2, -0.15) is 0 Å². The van der Waals surface area contributed by atoms with Crippen LogP contribution in [-0.4, -0.2) is 44.4 Å². The number of benzene rings is 1. The first-order valence-corrected chi connectivity index (χ1v) is 6.99. The molecule has 0 unspecified atom stereocenters. The van der Waals surface area contributed by atoms with E-state index in [0.29, 0.717) is 13.2 Å². The number of nitrogens with zero attached hydrogens (tertiary/aromatic N) is 1. The van der Waals surface area contributed by atoms with Crippen LogP contribution in [0.25, 0.3) is 0 Å². The van der Waals surface area contributed by atoms with Crippen LogP contribution >= 0.6 is 0 Å². The lowest BCUT2D eigenvalue weighted by atomic mass is 10.2. The second-order valence-corrected chi connectivity index (χ2v) is 4.92. The first kappa shape index (κ1) is 14.3. The summed E-state index contributed by atoms with van der Waals surface area (Å²) in [6, 6.07) is 8.71. The van der Waals surface area contributed by atoms with Crippen LogP contribution in [0.4, 0.5) is 0 Å². The Morgan fingerprint density at radius 3 is 2.63 bits per heavy atom. The van der Waals surface area contributed by atoms with E-state index < -0.39 is 0 Å². The molecule has 1 aromatic rings. The molecule has 2 rings (SSSR count). The number of rotatable bonds is 9. The molecule has 19 heavy (non-hydrogen) atoms. The second-order valence-electron chi connectivity index (χ2n) is 4.92. The molecule has 0 spiro atoms. The summed E-state index contributed by atoms with van der Waals surface area (Å²) in [5.41, 5.74) is 6.77. The monoisotopic (exact) mass is 264 g/mol. The minimum Gasteiger partial charge on any atom is -0.492 e. The zero-order valence-electron chi connectivity index (χ0n) is 11.7. The lowest BCUT2D eigenvalue weighted by Crippen LogP contribution is -2.33. The number of nitrogens with two attached hydrogens (primary N) is 1. The largest absolute Gasteiger partial charge is 0.492 e. The average molecular weight is 264 g/mol. The number of hydrogen-bond donors (Lipinski definition) is 1. The molecular weight excluding hydrogens is 240 g/mol. The van der Waals surface area contributed by atoms with E-state index in [4.69, 9.17) is 15.2 Å². The molecule has 2 N–H and O–H groups in total. The van der Waals surface area contributed by atoms with Crippen molar-refractivity contribution in [3.8, 4) is 5.75 Å². The number of ether oxygens (including phenoxy) is 2. The Balaban J connectivity index is 1.77. The normalized spacial score (nSPS) is 14.9. The van der Waals surface area contributed by atoms with Crippen molar-refractivity contribution >= 4 is 0 Å². The Labute approximate surface area is 115 Å². The highest BCUT2D eigenvalue weighted by Gasteiger charge is 2.28. The summed E-state index contributed by atoms with van der Waals surface area (Å²) in [6.45, 7) is 3.95. The summed E-state index contributed by atoms with van der Waals surface area (Å²) in [4.78, 5) is 2.45. The van der Waals surface area contributed by atoms with Gasteiger partial charge >= 0.3 is 0 Å². The van der Waals surface area contributed by atoms with E-state index in [2.05, 4.69) is 4.90 Å². The van der Waals surface area contributed by atoms with Gasteiger partial charge in [-0.15, -0.1) is 0 Å². The quantitative estimate of drug-likeness (QED) is 0.736. The molecule has 1 aromatic carbocycles. The zero-order valence-corrected chi connectivity index (χ0v) is 11.7. The van der Waals surface area contributed by atoms with Gasteiger partial charge in [-0.3, -0.25) is 4.90 Å². The van der Waals surface area contributed by atoms with Gasteiger partial charge in [0.2, 0.25) is 0 Å². The van der Waals surface area contributed by atoms with Crippen LogP contribution in [0, 0.1) is 0 Å². The van der Waals surface area contributed by atoms with E-state index in [1.165, 1.54) is 12.8 Å². The highest BCUT2D eigenvalue weighted by Crippen LogP contribution is 2.26. The van der Waals surface area contributed by atoms with E-state index in [-0.39, 0.29) is 0 Å². The van der Waals surface area contributed by atoms with Crippen LogP contribution in [0.15, 0.2) is 24.3 Å². The SMILES string of the molecule is COCCN(CCOc1ccccc1CN)C1CC1. The van der Waals surface area contributed by atoms with Crippen LogP contribution in [-0.2, 0) is 11.3 Å². The standard InChI is InChI=1S/C15H24N2O2/c1-18-10-8-17(14-6-7-14)9-11-19-15-5-3-2-4-13(15)12-16/h2-5,14H,6-12,16H2,1H3. The fourth-order valence-corrected chi connectivity index (χ4v) is 2.21. The smallest absolute Gasteiger partial charge is 0.123 e. The molecular formula is C15H24N2O2. The van der Waals surface area contributed by atoms with Crippen molar-refractivity contribution in [2.45, 2.75) is 25.4 Å². The molecule has 4 heteroatoms. The van der Waals surface area contributed by atoms with Crippen LogP contribution in [0.5, 0.6) is 5.75 Å². The molecule has 0 radical (unpaired) electrons. The second kappa shape index (κ2) is 7.48. The molecule has 0 saturated heterocycles. The highest BCUT2D eigenvalue weighted by atomic mass is 16.5. The van der Waals surface area contributed by atoms with E-state index in [9.17, 15) is 0 Å². The van der Waals surface area contributed by atoms with E-state index in [1.807, 2.05) is 24.3 Å². The molecule has 0 aromatic heterocycles. The molecule has 4 nitrogen and oxygen atoms in total. The first-order valence-electron chi connectivity index (χ1n) is 6.99. The van der Waals surface area contributed by atoms with Gasteiger partial charge in [0.25, 0.3) is 0 Å². The highest BCUT2D eigenvalue weighted by molar-refractivity contribution is 5.32. The molecule has 0 aliphatic heterocycles. The lowest BCUT2D eigenvalue weighted by Gasteiger charge is -2.21. The molecule has 1 aliphatic carbocycles. The van der Waals surface area contributed by atoms with Crippen LogP contribution in [0.2, 0.25) is 0 Å². The molecule has 1 aliphatic rings. The molecule has 1 saturated carbocycles. The summed E-state index contributed by atoms with van der Waals surface area (Å²) in [5.74, 6) is 0.910. The molecule has 106 valence electrons. The molecule has 0 amide bonds. The van der Waals surface area contributed by atoms with Gasteiger partial charge in [0.15, 0.2) is 0 Å². The van der Waals surface area contributed by atoms with Crippen molar-refractivity contribution in [3.63, 3.8) is 0 Å². The third-order valence-corrected chi connectivity index (χ3v) is 3.47. The maximum absolute atomic E-state index is 5.85. The fourth-order valence-electron chi connectivity index (χ4n) is 2.21. The molecule has 0 heterocycles. The lowest BCUT2D eigenvalue weighted by molar-refractivity contribution is 0.130. The van der Waals surface area contributed by atoms with Gasteiger partial charge < -0.3 is 15.2 Å². The van der Waals surface area contributed by atoms with Gasteiger partial charge in [0.05, 0.1) is 6.61 Å². The van der Waals surface area contributed by atoms with Gasteiger partial charge in [0.1, 0.15) is 12.4 Å². The fraction of sp³-hybridized carbons (Fsp3) is 0.600. The zero-order chi connectivity index (χ0) is 13.5. The van der Waals surface area contributed by atoms with E-state index >= 15 is 0 Å². The summed E-state index contributed by atoms with van der Waals surface area (Å²) in [6.07, 6.45) is 2.62. The molecule has 0 atom stereocenters. The summed E-state index contributed by atoms with van der Waals surface area (Å²) < 4.78 is 11.0. The van der Waals surface area contributed by atoms with Gasteiger partial charge in [-0.25, -0.2) is 0 Å². The predicted octanol–water partition coefficient (Wildman–Crippen LogP) is 1.63. The molecule has 1 fully saturated rings. The third-order valence-electron chi connectivity index (χ3n) is 3.47. The van der Waals surface area contributed by atoms with Crippen molar-refractivity contribution < 1.29 is 9.47 Å². The minimum absolute atomic E-state index is 0.520. The van der Waals surface area contributed by atoms with Gasteiger partial charge in [0, 0.05) is 38.3 Å². The van der Waals surface area contributed by atoms with Crippen molar-refractivity contribution in [3.05, 3.63) is 29.8 Å². The number of methoxy groups -OCH3 is 1. The molecule has 0 bridgehead atoms. The Bertz CT molecular complexity index is 380. The third kappa shape index (κ3) is 4.49. The Hall–Kier alpha value is -1.10. The average Bonchev–Trinajstić information content (AvgIpc) is 3.27. The Morgan fingerprint density at radius 1 is 1.21 bits per heavy atom. The predicted molar refractivity (Wildman–Crippen MR) is 76.3 cm³/mol. The van der Waals surface area contributed by atoms with Crippen LogP contribution < -0.4 is 10.5 Å². The van der Waals surface area contributed by atoms with E-state index in [0.717, 1.165) is 37.1 Å². The number of para-hydroxylation sites is 1. The van der Waals surface area contributed by atoms with Crippen molar-refractivity contribution in [1.82, 2.24) is 4.90 Å². The van der Waals surface area contributed by atoms with E-state index in [1.54, 1.807) is 7.11 Å². The van der Waals surface area contributed by atoms with Crippen molar-refractivity contribution in [2.75, 3.05) is 33.4 Å². The summed E-state index contributed by atoms with van der Waals surface area (Å²) in [5, 5.41) is 0. The van der Waals surface area contributed by atoms with Crippen LogP contribution in [0.3, 0.4) is 0 Å². The van der Waals surface area contributed by atoms with Crippen molar-refractivity contribution in [1.29, 1.82) is 0 Å². The topological polar surface area (TPSA) is 47.7 Å². The first-order chi connectivity index (χ1) is 9.35. The summed E-state index contributed by atoms with van der Waals surface area (Å²) >= 11 is 0. The van der Waals surface area contributed by atoms with Gasteiger partial charge in [-0.05, 0) is 18.9 Å². The Morgan fingerprint density at radius 2 is 1.95 bits per heavy atom. The maximum atomic E-state index is 5.85.